The highest BCUT2D eigenvalue weighted by molar-refractivity contribution is 5.80. The van der Waals surface area contributed by atoms with Crippen LogP contribution in [0.1, 0.15) is 18.9 Å². The first kappa shape index (κ1) is 20.5. The van der Waals surface area contributed by atoms with Crippen molar-refractivity contribution in [3.8, 4) is 5.75 Å². The molecule has 1 aliphatic rings. The van der Waals surface area contributed by atoms with E-state index in [1.807, 2.05) is 13.0 Å². The fourth-order valence-electron chi connectivity index (χ4n) is 2.95. The molecule has 0 radical (unpaired) electrons. The van der Waals surface area contributed by atoms with Crippen molar-refractivity contribution in [2.75, 3.05) is 53.7 Å². The van der Waals surface area contributed by atoms with Crippen molar-refractivity contribution >= 4 is 5.96 Å². The van der Waals surface area contributed by atoms with E-state index < -0.39 is 0 Å². The molecule has 0 amide bonds. The highest BCUT2D eigenvalue weighted by Crippen LogP contribution is 2.19. The summed E-state index contributed by atoms with van der Waals surface area (Å²) in [5.41, 5.74) is 0.817. The molecule has 0 saturated carbocycles. The first-order chi connectivity index (χ1) is 12.7. The Morgan fingerprint density at radius 3 is 2.88 bits per heavy atom. The van der Waals surface area contributed by atoms with Crippen LogP contribution in [0.4, 0.5) is 4.39 Å². The van der Waals surface area contributed by atoms with E-state index in [-0.39, 0.29) is 11.6 Å². The minimum Gasteiger partial charge on any atom is -0.494 e. The van der Waals surface area contributed by atoms with Gasteiger partial charge in [-0.15, -0.1) is 0 Å². The number of nitrogens with one attached hydrogen (secondary N) is 1. The van der Waals surface area contributed by atoms with Gasteiger partial charge in [-0.2, -0.15) is 0 Å². The van der Waals surface area contributed by atoms with Crippen LogP contribution < -0.4 is 10.1 Å². The van der Waals surface area contributed by atoms with Crippen molar-refractivity contribution in [1.29, 1.82) is 0 Å². The van der Waals surface area contributed by atoms with Crippen LogP contribution in [0.25, 0.3) is 0 Å². The molecule has 1 unspecified atom stereocenters. The number of guanidine groups is 1. The van der Waals surface area contributed by atoms with Gasteiger partial charge in [0.25, 0.3) is 0 Å². The smallest absolute Gasteiger partial charge is 0.194 e. The molecule has 0 aliphatic carbocycles. The lowest BCUT2D eigenvalue weighted by Gasteiger charge is -2.21. The maximum Gasteiger partial charge on any atom is 0.194 e. The Labute approximate surface area is 155 Å². The van der Waals surface area contributed by atoms with Gasteiger partial charge in [0.05, 0.1) is 33.5 Å². The molecule has 0 aromatic heterocycles. The van der Waals surface area contributed by atoms with E-state index in [2.05, 4.69) is 15.2 Å². The Morgan fingerprint density at radius 1 is 1.35 bits per heavy atom. The number of hydrogen-bond donors (Lipinski definition) is 1. The Bertz CT molecular complexity index is 583. The lowest BCUT2D eigenvalue weighted by atomic mass is 10.1. The van der Waals surface area contributed by atoms with Gasteiger partial charge in [-0.25, -0.2) is 9.38 Å². The number of nitrogens with zero attached hydrogens (tertiary/aromatic N) is 2. The van der Waals surface area contributed by atoms with E-state index in [1.54, 1.807) is 13.2 Å². The zero-order chi connectivity index (χ0) is 18.8. The fraction of sp³-hybridized carbons (Fsp3) is 0.632. The van der Waals surface area contributed by atoms with Gasteiger partial charge in [-0.05, 0) is 31.0 Å². The molecule has 1 atom stereocenters. The first-order valence-corrected chi connectivity index (χ1v) is 9.10. The molecule has 6 nitrogen and oxygen atoms in total. The van der Waals surface area contributed by atoms with Gasteiger partial charge in [-0.3, -0.25) is 0 Å². The van der Waals surface area contributed by atoms with E-state index >= 15 is 0 Å². The van der Waals surface area contributed by atoms with Crippen LogP contribution in [-0.4, -0.2) is 64.5 Å². The summed E-state index contributed by atoms with van der Waals surface area (Å²) in [6, 6.07) is 4.95. The average Bonchev–Trinajstić information content (AvgIpc) is 3.11. The van der Waals surface area contributed by atoms with Crippen LogP contribution >= 0.6 is 0 Å². The summed E-state index contributed by atoms with van der Waals surface area (Å²) in [7, 11) is 3.14. The molecule has 1 heterocycles. The standard InChI is InChI=1S/C19H30FN3O3/c1-4-21-19(22-12-15-5-6-18(25-3)17(20)11-15)23-8-7-16(13-23)14-26-10-9-24-2/h5-6,11,16H,4,7-10,12-14H2,1-3H3,(H,21,22). The third-order valence-corrected chi connectivity index (χ3v) is 4.33. The number of hydrogen-bond acceptors (Lipinski definition) is 4. The molecular weight excluding hydrogens is 337 g/mol. The SMILES string of the molecule is CCNC(=NCc1ccc(OC)c(F)c1)N1CCC(COCCOC)C1. The largest absolute Gasteiger partial charge is 0.494 e. The van der Waals surface area contributed by atoms with Gasteiger partial charge in [0.15, 0.2) is 17.5 Å². The predicted octanol–water partition coefficient (Wildman–Crippen LogP) is 2.28. The fourth-order valence-corrected chi connectivity index (χ4v) is 2.95. The molecule has 1 saturated heterocycles. The maximum atomic E-state index is 13.8. The molecule has 1 aliphatic heterocycles. The number of ether oxygens (including phenoxy) is 3. The summed E-state index contributed by atoms with van der Waals surface area (Å²) in [5.74, 6) is 1.25. The lowest BCUT2D eigenvalue weighted by Crippen LogP contribution is -2.40. The molecule has 1 fully saturated rings. The first-order valence-electron chi connectivity index (χ1n) is 9.10. The van der Waals surface area contributed by atoms with E-state index in [0.29, 0.717) is 25.7 Å². The number of aliphatic imine (C=N–C) groups is 1. The maximum absolute atomic E-state index is 13.8. The minimum atomic E-state index is -0.361. The van der Waals surface area contributed by atoms with E-state index in [0.717, 1.165) is 44.2 Å². The highest BCUT2D eigenvalue weighted by Gasteiger charge is 2.24. The normalized spacial score (nSPS) is 17.6. The van der Waals surface area contributed by atoms with Gasteiger partial charge in [0.2, 0.25) is 0 Å². The van der Waals surface area contributed by atoms with Gasteiger partial charge >= 0.3 is 0 Å². The Hall–Kier alpha value is -1.86. The number of halogens is 1. The summed E-state index contributed by atoms with van der Waals surface area (Å²) in [4.78, 5) is 6.91. The third kappa shape index (κ3) is 6.14. The van der Waals surface area contributed by atoms with Crippen molar-refractivity contribution < 1.29 is 18.6 Å². The monoisotopic (exact) mass is 367 g/mol. The average molecular weight is 367 g/mol. The van der Waals surface area contributed by atoms with Gasteiger partial charge in [0.1, 0.15) is 0 Å². The zero-order valence-electron chi connectivity index (χ0n) is 16.0. The van der Waals surface area contributed by atoms with Crippen LogP contribution in [0.5, 0.6) is 5.75 Å². The third-order valence-electron chi connectivity index (χ3n) is 4.33. The van der Waals surface area contributed by atoms with Crippen molar-refractivity contribution in [2.45, 2.75) is 19.9 Å². The number of likely N-dealkylation sites (tertiary alicyclic amines) is 1. The molecule has 1 aromatic rings. The van der Waals surface area contributed by atoms with Crippen LogP contribution in [-0.2, 0) is 16.0 Å². The van der Waals surface area contributed by atoms with Crippen molar-refractivity contribution in [1.82, 2.24) is 10.2 Å². The summed E-state index contributed by atoms with van der Waals surface area (Å²) in [6.07, 6.45) is 1.08. The predicted molar refractivity (Wildman–Crippen MR) is 100 cm³/mol. The second kappa shape index (κ2) is 11.0. The summed E-state index contributed by atoms with van der Waals surface area (Å²) in [6.45, 7) is 7.11. The molecule has 146 valence electrons. The van der Waals surface area contributed by atoms with Gasteiger partial charge in [0, 0.05) is 32.7 Å². The van der Waals surface area contributed by atoms with Crippen LogP contribution in [0.3, 0.4) is 0 Å². The topological polar surface area (TPSA) is 55.3 Å². The molecule has 1 N–H and O–H groups in total. The van der Waals surface area contributed by atoms with Gasteiger partial charge in [-0.1, -0.05) is 6.07 Å². The molecule has 26 heavy (non-hydrogen) atoms. The molecule has 1 aromatic carbocycles. The number of benzene rings is 1. The number of methoxy groups -OCH3 is 2. The van der Waals surface area contributed by atoms with Crippen molar-refractivity contribution in [3.63, 3.8) is 0 Å². The molecule has 2 rings (SSSR count). The molecule has 0 spiro atoms. The van der Waals surface area contributed by atoms with Crippen molar-refractivity contribution in [3.05, 3.63) is 29.6 Å². The quantitative estimate of drug-likeness (QED) is 0.412. The zero-order valence-corrected chi connectivity index (χ0v) is 16.0. The molecular formula is C19H30FN3O3. The van der Waals surface area contributed by atoms with E-state index in [4.69, 9.17) is 14.2 Å². The Balaban J connectivity index is 1.91. The van der Waals surface area contributed by atoms with Crippen LogP contribution in [0.15, 0.2) is 23.2 Å². The van der Waals surface area contributed by atoms with Crippen LogP contribution in [0.2, 0.25) is 0 Å². The molecule has 7 heteroatoms. The summed E-state index contributed by atoms with van der Waals surface area (Å²) >= 11 is 0. The minimum absolute atomic E-state index is 0.250. The summed E-state index contributed by atoms with van der Waals surface area (Å²) in [5, 5.41) is 3.33. The second-order valence-corrected chi connectivity index (χ2v) is 6.31. The van der Waals surface area contributed by atoms with E-state index in [1.165, 1.54) is 13.2 Å². The lowest BCUT2D eigenvalue weighted by molar-refractivity contribution is 0.0536. The molecule has 0 bridgehead atoms. The van der Waals surface area contributed by atoms with E-state index in [9.17, 15) is 4.39 Å². The Morgan fingerprint density at radius 2 is 2.19 bits per heavy atom. The summed E-state index contributed by atoms with van der Waals surface area (Å²) < 4.78 is 29.4. The van der Waals surface area contributed by atoms with Gasteiger partial charge < -0.3 is 24.4 Å². The van der Waals surface area contributed by atoms with Crippen molar-refractivity contribution in [2.24, 2.45) is 10.9 Å². The van der Waals surface area contributed by atoms with Crippen LogP contribution in [0, 0.1) is 11.7 Å². The number of rotatable bonds is 9. The second-order valence-electron chi connectivity index (χ2n) is 6.31. The highest BCUT2D eigenvalue weighted by atomic mass is 19.1. The Kier molecular flexibility index (Phi) is 8.64.